The fraction of sp³-hybridized carbons (Fsp3) is 0.857. The molecule has 1 aliphatic heterocycles. The monoisotopic (exact) mass is 181 g/mol. The van der Waals surface area contributed by atoms with E-state index in [0.29, 0.717) is 12.1 Å². The maximum Gasteiger partial charge on any atom is 0.245 e. The van der Waals surface area contributed by atoms with Gasteiger partial charge in [0.1, 0.15) is 0 Å². The van der Waals surface area contributed by atoms with Crippen LogP contribution < -0.4 is 4.90 Å². The predicted molar refractivity (Wildman–Crippen MR) is 44.3 cm³/mol. The molecule has 6 nitrogen and oxygen atoms in total. The highest BCUT2D eigenvalue weighted by Gasteiger charge is 2.47. The van der Waals surface area contributed by atoms with E-state index in [-0.39, 0.29) is 0 Å². The molecular weight excluding hydrogens is 170 g/mol. The van der Waals surface area contributed by atoms with E-state index < -0.39 is 0 Å². The molecule has 2 atom stereocenters. The molecule has 3 rings (SSSR count). The number of hydrogen-bond acceptors (Lipinski definition) is 5. The van der Waals surface area contributed by atoms with Crippen molar-refractivity contribution < 1.29 is 4.74 Å². The van der Waals surface area contributed by atoms with Gasteiger partial charge in [-0.2, -0.15) is 0 Å². The Bertz CT molecular complexity index is 324. The third-order valence-electron chi connectivity index (χ3n) is 2.62. The molecule has 6 heteroatoms. The van der Waals surface area contributed by atoms with Crippen molar-refractivity contribution in [3.05, 3.63) is 0 Å². The zero-order valence-electron chi connectivity index (χ0n) is 7.42. The first-order valence-corrected chi connectivity index (χ1v) is 4.47. The van der Waals surface area contributed by atoms with Crippen LogP contribution in [-0.2, 0) is 11.8 Å². The van der Waals surface area contributed by atoms with Crippen molar-refractivity contribution in [2.24, 2.45) is 7.05 Å². The minimum absolute atomic E-state index is 0.422. The summed E-state index contributed by atoms with van der Waals surface area (Å²) in [7, 11) is 1.86. The second kappa shape index (κ2) is 2.41. The van der Waals surface area contributed by atoms with Crippen molar-refractivity contribution >= 4 is 5.95 Å². The SMILES string of the molecule is Cn1nnnc1N1CCOC2CC21. The number of aryl methyl sites for hydroxylation is 1. The van der Waals surface area contributed by atoms with Crippen LogP contribution in [0.2, 0.25) is 0 Å². The van der Waals surface area contributed by atoms with Crippen molar-refractivity contribution in [1.82, 2.24) is 20.2 Å². The van der Waals surface area contributed by atoms with Crippen LogP contribution in [0.25, 0.3) is 0 Å². The van der Waals surface area contributed by atoms with Gasteiger partial charge in [-0.15, -0.1) is 0 Å². The Labute approximate surface area is 75.5 Å². The predicted octanol–water partition coefficient (Wildman–Crippen LogP) is -0.812. The number of ether oxygens (including phenoxy) is 1. The quantitative estimate of drug-likeness (QED) is 0.567. The Hall–Kier alpha value is -1.17. The standard InChI is InChI=1S/C7H11N5O/c1-11-7(8-9-10-11)12-2-3-13-6-4-5(6)12/h5-6H,2-4H2,1H3. The van der Waals surface area contributed by atoms with E-state index in [0.717, 1.165) is 25.5 Å². The molecule has 0 amide bonds. The summed E-state index contributed by atoms with van der Waals surface area (Å²) >= 11 is 0. The summed E-state index contributed by atoms with van der Waals surface area (Å²) in [5, 5.41) is 11.4. The third kappa shape index (κ3) is 1.02. The van der Waals surface area contributed by atoms with Crippen LogP contribution in [-0.4, -0.2) is 45.5 Å². The maximum atomic E-state index is 5.50. The van der Waals surface area contributed by atoms with Crippen LogP contribution in [0.15, 0.2) is 0 Å². The summed E-state index contributed by atoms with van der Waals surface area (Å²) in [6.45, 7) is 1.68. The largest absolute Gasteiger partial charge is 0.374 e. The summed E-state index contributed by atoms with van der Waals surface area (Å²) in [5.41, 5.74) is 0. The number of morpholine rings is 1. The lowest BCUT2D eigenvalue weighted by atomic mass is 10.4. The van der Waals surface area contributed by atoms with Crippen molar-refractivity contribution in [3.63, 3.8) is 0 Å². The van der Waals surface area contributed by atoms with E-state index in [1.165, 1.54) is 0 Å². The van der Waals surface area contributed by atoms with Crippen LogP contribution in [0.4, 0.5) is 5.95 Å². The molecule has 1 aromatic rings. The van der Waals surface area contributed by atoms with Gasteiger partial charge in [-0.25, -0.2) is 4.68 Å². The summed E-state index contributed by atoms with van der Waals surface area (Å²) in [6.07, 6.45) is 1.54. The Morgan fingerprint density at radius 2 is 2.46 bits per heavy atom. The Balaban J connectivity index is 1.88. The minimum Gasteiger partial charge on any atom is -0.374 e. The van der Waals surface area contributed by atoms with Crippen LogP contribution in [0, 0.1) is 0 Å². The normalized spacial score (nSPS) is 31.6. The van der Waals surface area contributed by atoms with Gasteiger partial charge in [0.15, 0.2) is 0 Å². The van der Waals surface area contributed by atoms with Crippen molar-refractivity contribution in [3.8, 4) is 0 Å². The highest BCUT2D eigenvalue weighted by Crippen LogP contribution is 2.36. The van der Waals surface area contributed by atoms with Gasteiger partial charge in [-0.3, -0.25) is 0 Å². The van der Waals surface area contributed by atoms with Gasteiger partial charge in [0, 0.05) is 13.6 Å². The third-order valence-corrected chi connectivity index (χ3v) is 2.62. The average Bonchev–Trinajstić information content (AvgIpc) is 2.82. The summed E-state index contributed by atoms with van der Waals surface area (Å²) in [4.78, 5) is 2.23. The first-order valence-electron chi connectivity index (χ1n) is 4.47. The summed E-state index contributed by atoms with van der Waals surface area (Å²) < 4.78 is 7.21. The van der Waals surface area contributed by atoms with Gasteiger partial charge in [0.05, 0.1) is 18.8 Å². The Morgan fingerprint density at radius 1 is 1.54 bits per heavy atom. The number of hydrogen-bond donors (Lipinski definition) is 0. The molecule has 70 valence electrons. The second-order valence-corrected chi connectivity index (χ2v) is 3.51. The molecule has 0 bridgehead atoms. The molecule has 0 aromatic carbocycles. The van der Waals surface area contributed by atoms with E-state index in [1.807, 2.05) is 7.05 Å². The number of tetrazole rings is 1. The zero-order chi connectivity index (χ0) is 8.84. The second-order valence-electron chi connectivity index (χ2n) is 3.51. The summed E-state index contributed by atoms with van der Waals surface area (Å²) in [5.74, 6) is 0.857. The van der Waals surface area contributed by atoms with Crippen LogP contribution in [0.3, 0.4) is 0 Å². The smallest absolute Gasteiger partial charge is 0.245 e. The lowest BCUT2D eigenvalue weighted by Crippen LogP contribution is -2.38. The van der Waals surface area contributed by atoms with Gasteiger partial charge in [0.25, 0.3) is 0 Å². The van der Waals surface area contributed by atoms with Crippen molar-refractivity contribution in [2.45, 2.75) is 18.6 Å². The molecule has 1 saturated heterocycles. The van der Waals surface area contributed by atoms with Gasteiger partial charge in [0.2, 0.25) is 5.95 Å². The van der Waals surface area contributed by atoms with E-state index in [2.05, 4.69) is 20.4 Å². The van der Waals surface area contributed by atoms with Crippen molar-refractivity contribution in [2.75, 3.05) is 18.1 Å². The van der Waals surface area contributed by atoms with E-state index in [4.69, 9.17) is 4.74 Å². The maximum absolute atomic E-state index is 5.50. The molecule has 2 unspecified atom stereocenters. The first-order chi connectivity index (χ1) is 6.36. The number of aromatic nitrogens is 4. The molecule has 1 aromatic heterocycles. The van der Waals surface area contributed by atoms with Gasteiger partial charge in [-0.05, 0) is 16.8 Å². The molecule has 2 aliphatic rings. The molecule has 2 fully saturated rings. The van der Waals surface area contributed by atoms with E-state index >= 15 is 0 Å². The molecule has 13 heavy (non-hydrogen) atoms. The minimum atomic E-state index is 0.422. The number of anilines is 1. The van der Waals surface area contributed by atoms with Crippen LogP contribution in [0.5, 0.6) is 0 Å². The Morgan fingerprint density at radius 3 is 3.23 bits per heavy atom. The molecule has 2 heterocycles. The van der Waals surface area contributed by atoms with Gasteiger partial charge >= 0.3 is 0 Å². The van der Waals surface area contributed by atoms with Crippen molar-refractivity contribution in [1.29, 1.82) is 0 Å². The number of nitrogens with zero attached hydrogens (tertiary/aromatic N) is 5. The zero-order valence-corrected chi connectivity index (χ0v) is 7.42. The highest BCUT2D eigenvalue weighted by molar-refractivity contribution is 5.35. The number of rotatable bonds is 1. The fourth-order valence-electron chi connectivity index (χ4n) is 1.85. The lowest BCUT2D eigenvalue weighted by molar-refractivity contribution is 0.102. The lowest BCUT2D eigenvalue weighted by Gasteiger charge is -2.26. The molecule has 0 N–H and O–H groups in total. The van der Waals surface area contributed by atoms with E-state index in [9.17, 15) is 0 Å². The topological polar surface area (TPSA) is 56.1 Å². The van der Waals surface area contributed by atoms with Gasteiger partial charge in [-0.1, -0.05) is 5.10 Å². The fourth-order valence-corrected chi connectivity index (χ4v) is 1.85. The summed E-state index contributed by atoms with van der Waals surface area (Å²) in [6, 6.07) is 0.512. The Kier molecular flexibility index (Phi) is 1.35. The molecule has 1 saturated carbocycles. The van der Waals surface area contributed by atoms with E-state index in [1.54, 1.807) is 4.68 Å². The molecule has 1 aliphatic carbocycles. The highest BCUT2D eigenvalue weighted by atomic mass is 16.5. The van der Waals surface area contributed by atoms with Gasteiger partial charge < -0.3 is 9.64 Å². The molecular formula is C7H11N5O. The molecule has 0 spiro atoms. The van der Waals surface area contributed by atoms with Crippen LogP contribution in [0.1, 0.15) is 6.42 Å². The average molecular weight is 181 g/mol. The molecule has 0 radical (unpaired) electrons. The first kappa shape index (κ1) is 7.25. The van der Waals surface area contributed by atoms with Crippen LogP contribution >= 0.6 is 0 Å². The number of fused-ring (bicyclic) bond motifs is 1.